The van der Waals surface area contributed by atoms with Crippen LogP contribution in [0.15, 0.2) is 43.0 Å². The molecule has 1 amide bonds. The van der Waals surface area contributed by atoms with Crippen LogP contribution in [-0.2, 0) is 11.3 Å². The fourth-order valence-corrected chi connectivity index (χ4v) is 2.95. The van der Waals surface area contributed by atoms with E-state index in [1.54, 1.807) is 30.5 Å². The summed E-state index contributed by atoms with van der Waals surface area (Å²) in [4.78, 5) is 23.4. The number of hydrogen-bond donors (Lipinski definition) is 1. The molecule has 4 heterocycles. The predicted octanol–water partition coefficient (Wildman–Crippen LogP) is 2.50. The maximum atomic E-state index is 13.1. The second-order valence-electron chi connectivity index (χ2n) is 5.97. The Bertz CT molecular complexity index is 1150. The summed E-state index contributed by atoms with van der Waals surface area (Å²) in [6, 6.07) is 6.73. The Kier molecular flexibility index (Phi) is 4.85. The van der Waals surface area contributed by atoms with Gasteiger partial charge in [-0.25, -0.2) is 23.7 Å². The minimum Gasteiger partial charge on any atom is -0.481 e. The van der Waals surface area contributed by atoms with Crippen LogP contribution < -0.4 is 10.1 Å². The molecule has 0 aliphatic heterocycles. The molecule has 0 saturated carbocycles. The first-order valence-electron chi connectivity index (χ1n) is 8.49. The summed E-state index contributed by atoms with van der Waals surface area (Å²) in [5, 5.41) is 6.97. The van der Waals surface area contributed by atoms with Crippen LogP contribution in [0, 0.1) is 0 Å². The molecule has 29 heavy (non-hydrogen) atoms. The zero-order valence-corrected chi connectivity index (χ0v) is 15.2. The number of ether oxygens (including phenoxy) is 1. The van der Waals surface area contributed by atoms with Gasteiger partial charge in [0.05, 0.1) is 37.6 Å². The molecule has 0 aliphatic carbocycles. The van der Waals surface area contributed by atoms with Gasteiger partial charge in [0.1, 0.15) is 5.69 Å². The van der Waals surface area contributed by atoms with Crippen LogP contribution in [-0.4, -0.2) is 49.1 Å². The first-order valence-corrected chi connectivity index (χ1v) is 8.49. The topological polar surface area (TPSA) is 99.2 Å². The van der Waals surface area contributed by atoms with Gasteiger partial charge in [0.15, 0.2) is 11.5 Å². The number of amides is 1. The Morgan fingerprint density at radius 3 is 2.72 bits per heavy atom. The molecule has 0 aromatic carbocycles. The van der Waals surface area contributed by atoms with E-state index < -0.39 is 13.0 Å². The number of imidazole rings is 2. The Hall–Kier alpha value is -3.89. The zero-order chi connectivity index (χ0) is 20.4. The second-order valence-corrected chi connectivity index (χ2v) is 5.97. The van der Waals surface area contributed by atoms with E-state index in [0.717, 1.165) is 0 Å². The second kappa shape index (κ2) is 7.62. The van der Waals surface area contributed by atoms with Gasteiger partial charge >= 0.3 is 0 Å². The standard InChI is InChI=1S/C18H15F2N7O2/c1-29-16-5-2-11(6-22-16)17-18(26(9-23-17)8-13(19)20)12-3-4-14-21-7-15(24-10-28)27(14)25-12/h2-7,9-10,13H,8H2,1H3,(H,24,28). The summed E-state index contributed by atoms with van der Waals surface area (Å²) in [6.07, 6.45) is 2.27. The molecule has 11 heteroatoms. The number of nitrogens with one attached hydrogen (secondary N) is 1. The lowest BCUT2D eigenvalue weighted by atomic mass is 10.1. The van der Waals surface area contributed by atoms with Gasteiger partial charge in [-0.1, -0.05) is 0 Å². The van der Waals surface area contributed by atoms with Gasteiger partial charge in [0.2, 0.25) is 12.3 Å². The lowest BCUT2D eigenvalue weighted by Gasteiger charge is -2.10. The van der Waals surface area contributed by atoms with Crippen LogP contribution in [0.5, 0.6) is 5.88 Å². The number of fused-ring (bicyclic) bond motifs is 1. The molecule has 4 aromatic rings. The highest BCUT2D eigenvalue weighted by Gasteiger charge is 2.20. The van der Waals surface area contributed by atoms with Gasteiger partial charge < -0.3 is 14.6 Å². The maximum absolute atomic E-state index is 13.1. The van der Waals surface area contributed by atoms with E-state index in [2.05, 4.69) is 25.4 Å². The first kappa shape index (κ1) is 18.5. The molecular weight excluding hydrogens is 384 g/mol. The third kappa shape index (κ3) is 3.49. The van der Waals surface area contributed by atoms with Crippen LogP contribution in [0.25, 0.3) is 28.3 Å². The zero-order valence-electron chi connectivity index (χ0n) is 15.2. The number of methoxy groups -OCH3 is 1. The molecule has 4 rings (SSSR count). The number of aromatic nitrogens is 6. The van der Waals surface area contributed by atoms with E-state index in [1.807, 2.05) is 0 Å². The van der Waals surface area contributed by atoms with E-state index in [9.17, 15) is 13.6 Å². The molecule has 0 aliphatic rings. The molecule has 1 N–H and O–H groups in total. The van der Waals surface area contributed by atoms with E-state index in [1.165, 1.54) is 28.7 Å². The van der Waals surface area contributed by atoms with Crippen molar-refractivity contribution in [2.24, 2.45) is 0 Å². The number of nitrogens with zero attached hydrogens (tertiary/aromatic N) is 6. The monoisotopic (exact) mass is 399 g/mol. The summed E-state index contributed by atoms with van der Waals surface area (Å²) in [7, 11) is 1.50. The number of carbonyl (C=O) groups is 1. The van der Waals surface area contributed by atoms with Crippen LogP contribution >= 0.6 is 0 Å². The largest absolute Gasteiger partial charge is 0.481 e. The summed E-state index contributed by atoms with van der Waals surface area (Å²) in [5.41, 5.74) is 2.33. The third-order valence-corrected chi connectivity index (χ3v) is 4.20. The Morgan fingerprint density at radius 1 is 1.17 bits per heavy atom. The third-order valence-electron chi connectivity index (χ3n) is 4.20. The highest BCUT2D eigenvalue weighted by atomic mass is 19.3. The fraction of sp³-hybridized carbons (Fsp3) is 0.167. The summed E-state index contributed by atoms with van der Waals surface area (Å²) in [6.45, 7) is -0.547. The van der Waals surface area contributed by atoms with Crippen molar-refractivity contribution in [1.29, 1.82) is 0 Å². The Balaban J connectivity index is 1.88. The Labute approximate surface area is 163 Å². The van der Waals surface area contributed by atoms with Crippen LogP contribution in [0.4, 0.5) is 14.6 Å². The van der Waals surface area contributed by atoms with E-state index >= 15 is 0 Å². The minimum atomic E-state index is -2.57. The Morgan fingerprint density at radius 2 is 2.03 bits per heavy atom. The molecule has 0 unspecified atom stereocenters. The van der Waals surface area contributed by atoms with Gasteiger partial charge in [0, 0.05) is 17.8 Å². The molecule has 0 spiro atoms. The molecule has 9 nitrogen and oxygen atoms in total. The number of hydrogen-bond acceptors (Lipinski definition) is 6. The van der Waals surface area contributed by atoms with Gasteiger partial charge in [-0.3, -0.25) is 4.79 Å². The summed E-state index contributed by atoms with van der Waals surface area (Å²) < 4.78 is 34.1. The maximum Gasteiger partial charge on any atom is 0.256 e. The van der Waals surface area contributed by atoms with E-state index in [0.29, 0.717) is 46.4 Å². The molecule has 0 bridgehead atoms. The van der Waals surface area contributed by atoms with Crippen LogP contribution in [0.1, 0.15) is 0 Å². The lowest BCUT2D eigenvalue weighted by molar-refractivity contribution is -0.105. The quantitative estimate of drug-likeness (QED) is 0.480. The lowest BCUT2D eigenvalue weighted by Crippen LogP contribution is -2.09. The molecular formula is C18H15F2N7O2. The van der Waals surface area contributed by atoms with Gasteiger partial charge in [-0.2, -0.15) is 9.61 Å². The van der Waals surface area contributed by atoms with E-state index in [-0.39, 0.29) is 0 Å². The first-order chi connectivity index (χ1) is 14.1. The number of rotatable bonds is 7. The number of halogens is 2. The van der Waals surface area contributed by atoms with Crippen LogP contribution in [0.2, 0.25) is 0 Å². The predicted molar refractivity (Wildman–Crippen MR) is 99.7 cm³/mol. The SMILES string of the molecule is COc1ccc(-c2ncn(CC(F)F)c2-c2ccc3ncc(NC=O)n3n2)cn1. The van der Waals surface area contributed by atoms with Crippen molar-refractivity contribution in [1.82, 2.24) is 29.1 Å². The summed E-state index contributed by atoms with van der Waals surface area (Å²) >= 11 is 0. The molecule has 148 valence electrons. The number of anilines is 1. The average Bonchev–Trinajstić information content (AvgIpc) is 3.32. The van der Waals surface area contributed by atoms with Gasteiger partial charge in [0.25, 0.3) is 6.43 Å². The van der Waals surface area contributed by atoms with Gasteiger partial charge in [-0.15, -0.1) is 0 Å². The average molecular weight is 399 g/mol. The molecule has 0 atom stereocenters. The highest BCUT2D eigenvalue weighted by molar-refractivity contribution is 5.77. The fourth-order valence-electron chi connectivity index (χ4n) is 2.95. The highest BCUT2D eigenvalue weighted by Crippen LogP contribution is 2.31. The van der Waals surface area contributed by atoms with Crippen molar-refractivity contribution in [3.8, 4) is 28.5 Å². The molecule has 0 radical (unpaired) electrons. The normalized spacial score (nSPS) is 11.2. The molecule has 0 saturated heterocycles. The number of carbonyl (C=O) groups excluding carboxylic acids is 1. The van der Waals surface area contributed by atoms with Crippen molar-refractivity contribution in [2.45, 2.75) is 13.0 Å². The van der Waals surface area contributed by atoms with Crippen molar-refractivity contribution < 1.29 is 18.3 Å². The van der Waals surface area contributed by atoms with Crippen molar-refractivity contribution in [2.75, 3.05) is 12.4 Å². The van der Waals surface area contributed by atoms with Gasteiger partial charge in [-0.05, 0) is 18.2 Å². The minimum absolute atomic E-state index is 0.351. The molecule has 4 aromatic heterocycles. The number of pyridine rings is 1. The smallest absolute Gasteiger partial charge is 0.256 e. The van der Waals surface area contributed by atoms with Crippen LogP contribution in [0.3, 0.4) is 0 Å². The van der Waals surface area contributed by atoms with Crippen molar-refractivity contribution in [3.63, 3.8) is 0 Å². The van der Waals surface area contributed by atoms with Crippen molar-refractivity contribution in [3.05, 3.63) is 43.0 Å². The summed E-state index contributed by atoms with van der Waals surface area (Å²) in [5.74, 6) is 0.772. The number of alkyl halides is 2. The molecule has 0 fully saturated rings. The van der Waals surface area contributed by atoms with Crippen molar-refractivity contribution >= 4 is 17.9 Å². The van der Waals surface area contributed by atoms with E-state index in [4.69, 9.17) is 4.74 Å².